The minimum Gasteiger partial charge on any atom is -0.496 e. The molecule has 1 aromatic carbocycles. The summed E-state index contributed by atoms with van der Waals surface area (Å²) in [6.45, 7) is 0.383. The number of benzene rings is 1. The summed E-state index contributed by atoms with van der Waals surface area (Å²) in [6.07, 6.45) is 8.37. The zero-order valence-electron chi connectivity index (χ0n) is 21.6. The second-order valence-corrected chi connectivity index (χ2v) is 12.4. The van der Waals surface area contributed by atoms with Gasteiger partial charge in [0, 0.05) is 24.2 Å². The lowest BCUT2D eigenvalue weighted by Gasteiger charge is -2.33. The number of aliphatic carboxylic acids is 1. The van der Waals surface area contributed by atoms with Crippen LogP contribution in [0.3, 0.4) is 0 Å². The summed E-state index contributed by atoms with van der Waals surface area (Å²) in [6, 6.07) is 8.09. The minimum absolute atomic E-state index is 0.0488. The molecule has 0 spiro atoms. The van der Waals surface area contributed by atoms with Gasteiger partial charge in [-0.2, -0.15) is 0 Å². The zero-order valence-corrected chi connectivity index (χ0v) is 23.3. The average molecular weight is 567 g/mol. The third-order valence-electron chi connectivity index (χ3n) is 8.52. The molecule has 1 N–H and O–H groups in total. The molecule has 1 aromatic heterocycles. The van der Waals surface area contributed by atoms with Crippen LogP contribution in [0.4, 0.5) is 0 Å². The van der Waals surface area contributed by atoms with Crippen molar-refractivity contribution in [2.24, 2.45) is 11.8 Å². The van der Waals surface area contributed by atoms with E-state index in [0.29, 0.717) is 56.9 Å². The van der Waals surface area contributed by atoms with Crippen LogP contribution in [0.1, 0.15) is 61.1 Å². The van der Waals surface area contributed by atoms with Crippen molar-refractivity contribution >= 4 is 52.2 Å². The minimum atomic E-state index is -1.00. The zero-order chi connectivity index (χ0) is 27.3. The molecular formula is C29H30N2O6S2. The highest BCUT2D eigenvalue weighted by Gasteiger charge is 2.48. The maximum atomic E-state index is 13.5. The Bertz CT molecular complexity index is 1380. The summed E-state index contributed by atoms with van der Waals surface area (Å²) in [7, 11) is 1.48. The van der Waals surface area contributed by atoms with E-state index in [1.165, 1.54) is 43.0 Å². The summed E-state index contributed by atoms with van der Waals surface area (Å²) in [5.74, 6) is 1.25. The Morgan fingerprint density at radius 3 is 2.72 bits per heavy atom. The number of methoxy groups -OCH3 is 1. The molecule has 204 valence electrons. The van der Waals surface area contributed by atoms with Crippen molar-refractivity contribution < 1.29 is 28.6 Å². The number of furan rings is 1. The van der Waals surface area contributed by atoms with Crippen LogP contribution in [0.25, 0.3) is 17.4 Å². The van der Waals surface area contributed by atoms with Gasteiger partial charge < -0.3 is 19.2 Å². The Morgan fingerprint density at radius 2 is 2.00 bits per heavy atom. The number of carboxylic acid groups (broad SMARTS) is 1. The number of carboxylic acids is 1. The van der Waals surface area contributed by atoms with Crippen molar-refractivity contribution in [3.63, 3.8) is 0 Å². The summed E-state index contributed by atoms with van der Waals surface area (Å²) in [5, 5.41) is 9.64. The molecule has 2 unspecified atom stereocenters. The number of thiocarbonyl (C=S) groups is 1. The average Bonchev–Trinajstić information content (AvgIpc) is 3.73. The summed E-state index contributed by atoms with van der Waals surface area (Å²) >= 11 is 6.92. The van der Waals surface area contributed by atoms with E-state index >= 15 is 0 Å². The molecule has 2 saturated heterocycles. The van der Waals surface area contributed by atoms with Gasteiger partial charge in [0.25, 0.3) is 11.8 Å². The van der Waals surface area contributed by atoms with E-state index in [2.05, 4.69) is 0 Å². The predicted octanol–water partition coefficient (Wildman–Crippen LogP) is 5.42. The summed E-state index contributed by atoms with van der Waals surface area (Å²) in [5.41, 5.74) is 0.935. The predicted molar refractivity (Wildman–Crippen MR) is 151 cm³/mol. The van der Waals surface area contributed by atoms with Crippen molar-refractivity contribution in [2.75, 3.05) is 13.7 Å². The van der Waals surface area contributed by atoms with E-state index < -0.39 is 12.0 Å². The Balaban J connectivity index is 1.24. The molecule has 2 aromatic rings. The highest BCUT2D eigenvalue weighted by molar-refractivity contribution is 8.26. The van der Waals surface area contributed by atoms with E-state index in [-0.39, 0.29) is 23.4 Å². The number of rotatable bonds is 6. The lowest BCUT2D eigenvalue weighted by atomic mass is 9.94. The van der Waals surface area contributed by atoms with Crippen LogP contribution in [-0.4, -0.2) is 62.7 Å². The first kappa shape index (κ1) is 26.1. The maximum absolute atomic E-state index is 13.5. The van der Waals surface area contributed by atoms with Gasteiger partial charge in [-0.15, -0.1) is 0 Å². The molecule has 2 saturated carbocycles. The van der Waals surface area contributed by atoms with Crippen molar-refractivity contribution in [3.05, 3.63) is 46.6 Å². The van der Waals surface area contributed by atoms with E-state index in [1.807, 2.05) is 4.90 Å². The number of carbonyl (C=O) groups excluding carboxylic acids is 2. The SMILES string of the molecule is COc1ccc(-c2ccc(/C=C3\SC(=S)N(C4C[C@@H]5CC[C@H]4C5)C3=O)o2)cc1C(=O)N1CCCCC1C(=O)O. The molecule has 4 aliphatic rings. The first-order valence-corrected chi connectivity index (χ1v) is 14.7. The van der Waals surface area contributed by atoms with Gasteiger partial charge in [0.15, 0.2) is 0 Å². The van der Waals surface area contributed by atoms with Gasteiger partial charge in [-0.25, -0.2) is 4.79 Å². The fourth-order valence-electron chi connectivity index (χ4n) is 6.62. The first-order chi connectivity index (χ1) is 18.8. The largest absolute Gasteiger partial charge is 0.496 e. The fraction of sp³-hybridized carbons (Fsp3) is 0.448. The molecule has 0 radical (unpaired) electrons. The number of carbonyl (C=O) groups is 3. The van der Waals surface area contributed by atoms with Crippen molar-refractivity contribution in [2.45, 2.75) is 57.0 Å². The third kappa shape index (κ3) is 4.78. The standard InChI is InChI=1S/C29H30N2O6S2/c1-36-24-9-7-18(14-20(24)26(32)30-11-3-2-4-21(30)28(34)35)23-10-8-19(37-23)15-25-27(33)31(29(38)39-25)22-13-16-5-6-17(22)12-16/h7-10,14-17,21-22H,2-6,11-13H2,1H3,(H,34,35)/b25-15-/t16-,17+,21?,22?/m1/s1. The van der Waals surface area contributed by atoms with Gasteiger partial charge in [0.1, 0.15) is 27.6 Å². The van der Waals surface area contributed by atoms with Gasteiger partial charge in [-0.3, -0.25) is 14.5 Å². The number of thioether (sulfide) groups is 1. The van der Waals surface area contributed by atoms with Crippen molar-refractivity contribution in [3.8, 4) is 17.1 Å². The van der Waals surface area contributed by atoms with E-state index in [1.54, 1.807) is 36.4 Å². The molecule has 6 rings (SSSR count). The Labute approximate surface area is 236 Å². The lowest BCUT2D eigenvalue weighted by Crippen LogP contribution is -2.48. The summed E-state index contributed by atoms with van der Waals surface area (Å²) < 4.78 is 12.1. The third-order valence-corrected chi connectivity index (χ3v) is 9.85. The van der Waals surface area contributed by atoms with Crippen LogP contribution in [0.5, 0.6) is 5.75 Å². The van der Waals surface area contributed by atoms with Gasteiger partial charge in [0.05, 0.1) is 17.6 Å². The smallest absolute Gasteiger partial charge is 0.326 e. The summed E-state index contributed by atoms with van der Waals surface area (Å²) in [4.78, 5) is 42.3. The first-order valence-electron chi connectivity index (χ1n) is 13.4. The molecule has 10 heteroatoms. The molecule has 2 aliphatic carbocycles. The molecule has 2 aliphatic heterocycles. The number of hydrogen-bond donors (Lipinski definition) is 1. The number of amides is 2. The topological polar surface area (TPSA) is 100 Å². The second kappa shape index (κ2) is 10.5. The van der Waals surface area contributed by atoms with Gasteiger partial charge in [-0.05, 0) is 80.7 Å². The van der Waals surface area contributed by atoms with Crippen LogP contribution < -0.4 is 4.74 Å². The van der Waals surface area contributed by atoms with Crippen LogP contribution in [-0.2, 0) is 9.59 Å². The molecule has 2 amide bonds. The molecule has 8 nitrogen and oxygen atoms in total. The van der Waals surface area contributed by atoms with Gasteiger partial charge in [-0.1, -0.05) is 30.4 Å². The van der Waals surface area contributed by atoms with Crippen LogP contribution in [0.2, 0.25) is 0 Å². The number of nitrogens with zero attached hydrogens (tertiary/aromatic N) is 2. The van der Waals surface area contributed by atoms with Gasteiger partial charge >= 0.3 is 5.97 Å². The van der Waals surface area contributed by atoms with Crippen molar-refractivity contribution in [1.29, 1.82) is 0 Å². The molecule has 3 heterocycles. The van der Waals surface area contributed by atoms with Crippen LogP contribution >= 0.6 is 24.0 Å². The molecular weight excluding hydrogens is 536 g/mol. The second-order valence-electron chi connectivity index (χ2n) is 10.8. The number of ether oxygens (including phenoxy) is 1. The Hall–Kier alpha value is -3.11. The number of fused-ring (bicyclic) bond motifs is 2. The van der Waals surface area contributed by atoms with E-state index in [0.717, 1.165) is 19.3 Å². The Morgan fingerprint density at radius 1 is 1.15 bits per heavy atom. The fourth-order valence-corrected chi connectivity index (χ4v) is 7.98. The van der Waals surface area contributed by atoms with Crippen molar-refractivity contribution in [1.82, 2.24) is 9.80 Å². The highest BCUT2D eigenvalue weighted by atomic mass is 32.2. The number of likely N-dealkylation sites (tertiary alicyclic amines) is 1. The monoisotopic (exact) mass is 566 g/mol. The quantitative estimate of drug-likeness (QED) is 0.365. The van der Waals surface area contributed by atoms with E-state index in [4.69, 9.17) is 21.4 Å². The maximum Gasteiger partial charge on any atom is 0.326 e. The highest BCUT2D eigenvalue weighted by Crippen LogP contribution is 2.49. The molecule has 2 bridgehead atoms. The van der Waals surface area contributed by atoms with E-state index in [9.17, 15) is 19.5 Å². The molecule has 4 atom stereocenters. The van der Waals surface area contributed by atoms with Gasteiger partial charge in [0.2, 0.25) is 0 Å². The molecule has 39 heavy (non-hydrogen) atoms. The van der Waals surface area contributed by atoms with Crippen LogP contribution in [0.15, 0.2) is 39.7 Å². The molecule has 4 fully saturated rings. The number of hydrogen-bond acceptors (Lipinski definition) is 7. The lowest BCUT2D eigenvalue weighted by molar-refractivity contribution is -0.143. The van der Waals surface area contributed by atoms with Crippen LogP contribution in [0, 0.1) is 11.8 Å². The normalized spacial score (nSPS) is 27.6. The number of piperidine rings is 1. The Kier molecular flexibility index (Phi) is 7.01.